The fourth-order valence-corrected chi connectivity index (χ4v) is 6.74. The molecular formula is C24H36FN3O6. The number of ether oxygens (including phenoxy) is 4. The van der Waals surface area contributed by atoms with E-state index in [1.54, 1.807) is 7.11 Å². The van der Waals surface area contributed by atoms with Gasteiger partial charge in [-0.1, -0.05) is 11.6 Å². The molecule has 0 aromatic carbocycles. The van der Waals surface area contributed by atoms with E-state index >= 15 is 0 Å². The number of hydrogen-bond donors (Lipinski definition) is 3. The van der Waals surface area contributed by atoms with Crippen molar-refractivity contribution in [2.24, 2.45) is 5.92 Å². The van der Waals surface area contributed by atoms with Crippen molar-refractivity contribution in [1.82, 2.24) is 16.2 Å². The summed E-state index contributed by atoms with van der Waals surface area (Å²) in [5.74, 6) is -0.285. The van der Waals surface area contributed by atoms with E-state index in [4.69, 9.17) is 18.9 Å². The predicted molar refractivity (Wildman–Crippen MR) is 119 cm³/mol. The van der Waals surface area contributed by atoms with Gasteiger partial charge < -0.3 is 29.6 Å². The predicted octanol–water partition coefficient (Wildman–Crippen LogP) is 2.05. The van der Waals surface area contributed by atoms with Crippen LogP contribution in [0, 0.1) is 5.92 Å². The summed E-state index contributed by atoms with van der Waals surface area (Å²) < 4.78 is 36.2. The Bertz CT molecular complexity index is 845. The van der Waals surface area contributed by atoms with Gasteiger partial charge in [-0.15, -0.1) is 10.0 Å². The van der Waals surface area contributed by atoms with Gasteiger partial charge in [-0.2, -0.15) is 0 Å². The minimum atomic E-state index is -0.434. The van der Waals surface area contributed by atoms with E-state index in [2.05, 4.69) is 30.6 Å². The Balaban J connectivity index is 1.12. The first kappa shape index (κ1) is 24.0. The van der Waals surface area contributed by atoms with Gasteiger partial charge in [0.25, 0.3) is 0 Å². The minimum absolute atomic E-state index is 0.00134. The molecule has 2 aliphatic heterocycles. The maximum absolute atomic E-state index is 12.7. The Morgan fingerprint density at radius 3 is 2.44 bits per heavy atom. The standard InChI is InChI=1S/C24H36FN3O6/c1-13(2)4-9-17-24(33-17)20-19(31-3)16(10-11-23(20)21(24)34-23)32-22(30)28-15-7-5-14(6-8-15)27-18(29)12-26-25/h4,14-17,19-21,26H,5-12H2,1-3H3,(H,27,29)(H,28,30)/t14-,15-,16?,17-,19?,20?,21?,23-,24?/m1/s1. The third kappa shape index (κ3) is 4.02. The topological polar surface area (TPSA) is 114 Å². The van der Waals surface area contributed by atoms with E-state index in [1.807, 2.05) is 0 Å². The van der Waals surface area contributed by atoms with Crippen LogP contribution in [-0.4, -0.2) is 73.4 Å². The van der Waals surface area contributed by atoms with Gasteiger partial charge in [0.05, 0.1) is 12.0 Å². The normalized spacial score (nSPS) is 43.6. The van der Waals surface area contributed by atoms with Crippen LogP contribution in [0.15, 0.2) is 11.6 Å². The molecule has 0 aromatic rings. The Morgan fingerprint density at radius 1 is 1.09 bits per heavy atom. The molecule has 0 bridgehead atoms. The molecule has 3 saturated carbocycles. The molecular weight excluding hydrogens is 445 g/mol. The maximum Gasteiger partial charge on any atom is 0.407 e. The highest BCUT2D eigenvalue weighted by atomic mass is 19.2. The number of nitrogens with one attached hydrogen (secondary N) is 3. The number of hydrogen-bond acceptors (Lipinski definition) is 7. The van der Waals surface area contributed by atoms with Crippen LogP contribution in [0.2, 0.25) is 0 Å². The zero-order valence-electron chi connectivity index (χ0n) is 20.1. The molecule has 5 rings (SSSR count). The smallest absolute Gasteiger partial charge is 0.407 e. The van der Waals surface area contributed by atoms with E-state index in [-0.39, 0.29) is 66.1 Å². The van der Waals surface area contributed by atoms with Gasteiger partial charge in [-0.05, 0) is 58.8 Å². The van der Waals surface area contributed by atoms with E-state index in [0.717, 1.165) is 38.5 Å². The Morgan fingerprint density at radius 2 is 1.79 bits per heavy atom. The van der Waals surface area contributed by atoms with Crippen LogP contribution in [0.4, 0.5) is 9.28 Å². The minimum Gasteiger partial charge on any atom is -0.443 e. The largest absolute Gasteiger partial charge is 0.443 e. The van der Waals surface area contributed by atoms with Gasteiger partial charge in [-0.25, -0.2) is 4.79 Å². The Labute approximate surface area is 199 Å². The highest BCUT2D eigenvalue weighted by Crippen LogP contribution is 2.77. The lowest BCUT2D eigenvalue weighted by molar-refractivity contribution is -0.133. The number of carbonyl (C=O) groups excluding carboxylic acids is 2. The molecule has 0 radical (unpaired) electrons. The summed E-state index contributed by atoms with van der Waals surface area (Å²) in [6, 6.07) is -0.0104. The Kier molecular flexibility index (Phi) is 6.37. The molecule has 5 aliphatic rings. The average molecular weight is 482 g/mol. The summed E-state index contributed by atoms with van der Waals surface area (Å²) in [4.78, 5) is 24.3. The van der Waals surface area contributed by atoms with E-state index in [1.165, 1.54) is 11.1 Å². The van der Waals surface area contributed by atoms with Crippen molar-refractivity contribution in [3.05, 3.63) is 11.6 Å². The molecule has 5 unspecified atom stereocenters. The quantitative estimate of drug-likeness (QED) is 0.276. The Hall–Kier alpha value is -1.75. The van der Waals surface area contributed by atoms with Crippen LogP contribution in [0.1, 0.15) is 58.8 Å². The number of alkyl carbamates (subject to hydrolysis) is 1. The first-order valence-electron chi connectivity index (χ1n) is 12.5. The molecule has 2 amide bonds. The van der Waals surface area contributed by atoms with Crippen molar-refractivity contribution in [2.45, 2.75) is 106 Å². The third-order valence-electron chi connectivity index (χ3n) is 8.37. The van der Waals surface area contributed by atoms with Crippen LogP contribution in [-0.2, 0) is 23.7 Å². The maximum atomic E-state index is 12.7. The fraction of sp³-hybridized carbons (Fsp3) is 0.833. The lowest BCUT2D eigenvalue weighted by Crippen LogP contribution is -2.66. The third-order valence-corrected chi connectivity index (χ3v) is 8.37. The van der Waals surface area contributed by atoms with Crippen molar-refractivity contribution >= 4 is 12.0 Å². The second-order valence-corrected chi connectivity index (χ2v) is 10.7. The summed E-state index contributed by atoms with van der Waals surface area (Å²) >= 11 is 0. The molecule has 0 aromatic heterocycles. The van der Waals surface area contributed by atoms with E-state index in [0.29, 0.717) is 6.42 Å². The highest BCUT2D eigenvalue weighted by Gasteiger charge is 2.94. The zero-order chi connectivity index (χ0) is 24.1. The molecule has 2 saturated heterocycles. The first-order valence-corrected chi connectivity index (χ1v) is 12.5. The lowest BCUT2D eigenvalue weighted by Gasteiger charge is -2.48. The number of carbonyl (C=O) groups is 2. The van der Waals surface area contributed by atoms with Crippen molar-refractivity contribution < 1.29 is 33.0 Å². The highest BCUT2D eigenvalue weighted by molar-refractivity contribution is 5.78. The second kappa shape index (κ2) is 9.04. The van der Waals surface area contributed by atoms with Gasteiger partial charge in [0.15, 0.2) is 0 Å². The molecule has 2 heterocycles. The van der Waals surface area contributed by atoms with Gasteiger partial charge >= 0.3 is 6.09 Å². The summed E-state index contributed by atoms with van der Waals surface area (Å²) in [5, 5.41) is 5.78. The van der Waals surface area contributed by atoms with Crippen LogP contribution in [0.25, 0.3) is 0 Å². The van der Waals surface area contributed by atoms with Crippen LogP contribution >= 0.6 is 0 Å². The first-order chi connectivity index (χ1) is 16.3. The second-order valence-electron chi connectivity index (χ2n) is 10.7. The number of epoxide rings is 2. The van der Waals surface area contributed by atoms with E-state index < -0.39 is 6.09 Å². The molecule has 34 heavy (non-hydrogen) atoms. The van der Waals surface area contributed by atoms with Gasteiger partial charge in [0.2, 0.25) is 5.91 Å². The summed E-state index contributed by atoms with van der Waals surface area (Å²) in [6.45, 7) is 3.83. The van der Waals surface area contributed by atoms with Crippen LogP contribution < -0.4 is 16.2 Å². The van der Waals surface area contributed by atoms with Gasteiger partial charge in [-0.3, -0.25) is 4.79 Å². The van der Waals surface area contributed by atoms with Crippen molar-refractivity contribution in [2.75, 3.05) is 13.7 Å². The van der Waals surface area contributed by atoms with Crippen molar-refractivity contribution in [3.8, 4) is 0 Å². The monoisotopic (exact) mass is 481 g/mol. The number of fused-ring (bicyclic) bond motifs is 2. The summed E-state index contributed by atoms with van der Waals surface area (Å²) in [5.41, 5.74) is 2.16. The SMILES string of the molecule is COC1C(OC(=O)N[C@H]2CC[C@H](NC(=O)CNF)CC2)CC[C@]23OC2C2(O[C@@H]2CC=C(C)C)C13. The summed E-state index contributed by atoms with van der Waals surface area (Å²) in [7, 11) is 1.67. The number of allylic oxidation sites excluding steroid dienone is 1. The number of methoxy groups -OCH3 is 1. The molecule has 3 aliphatic carbocycles. The molecule has 2 spiro atoms. The number of amides is 2. The molecule has 10 heteroatoms. The van der Waals surface area contributed by atoms with Crippen LogP contribution in [0.3, 0.4) is 0 Å². The van der Waals surface area contributed by atoms with Gasteiger partial charge in [0, 0.05) is 19.2 Å². The lowest BCUT2D eigenvalue weighted by atomic mass is 9.55. The zero-order valence-corrected chi connectivity index (χ0v) is 20.1. The fourth-order valence-electron chi connectivity index (χ4n) is 6.74. The molecule has 7 atom stereocenters. The van der Waals surface area contributed by atoms with Crippen LogP contribution in [0.5, 0.6) is 0 Å². The van der Waals surface area contributed by atoms with E-state index in [9.17, 15) is 14.1 Å². The number of halogens is 1. The number of rotatable bonds is 8. The molecule has 5 fully saturated rings. The van der Waals surface area contributed by atoms with Crippen molar-refractivity contribution in [3.63, 3.8) is 0 Å². The molecule has 190 valence electrons. The molecule has 9 nitrogen and oxygen atoms in total. The summed E-state index contributed by atoms with van der Waals surface area (Å²) in [6.07, 6.45) is 6.76. The van der Waals surface area contributed by atoms with Gasteiger partial charge in [0.1, 0.15) is 36.1 Å². The average Bonchev–Trinajstić information content (AvgIpc) is 3.68. The van der Waals surface area contributed by atoms with Crippen molar-refractivity contribution in [1.29, 1.82) is 0 Å². The molecule has 3 N–H and O–H groups in total.